The van der Waals surface area contributed by atoms with Gasteiger partial charge >= 0.3 is 0 Å². The predicted molar refractivity (Wildman–Crippen MR) is 46.1 cm³/mol. The number of likely N-dealkylation sites (N-methyl/N-ethyl adjacent to an activating group) is 1. The minimum absolute atomic E-state index is 0.542. The first-order valence-electron chi connectivity index (χ1n) is 4.11. The second-order valence-electron chi connectivity index (χ2n) is 3.63. The van der Waals surface area contributed by atoms with Gasteiger partial charge in [0.05, 0.1) is 0 Å². The molecule has 2 aliphatic rings. The van der Waals surface area contributed by atoms with E-state index in [1.807, 2.05) is 0 Å². The topological polar surface area (TPSA) is 52.3 Å². The van der Waals surface area contributed by atoms with Crippen LogP contribution >= 0.6 is 0 Å². The molecule has 4 nitrogen and oxygen atoms in total. The molecule has 12 heavy (non-hydrogen) atoms. The van der Waals surface area contributed by atoms with E-state index < -0.39 is 5.97 Å². The maximum atomic E-state index is 9.00. The average molecular weight is 172 g/mol. The van der Waals surface area contributed by atoms with Crippen LogP contribution < -0.4 is 5.32 Å². The van der Waals surface area contributed by atoms with Crippen LogP contribution in [0.2, 0.25) is 0 Å². The van der Waals surface area contributed by atoms with Crippen molar-refractivity contribution in [3.05, 3.63) is 0 Å². The molecule has 2 fully saturated rings. The molecular weight excluding hydrogens is 156 g/mol. The van der Waals surface area contributed by atoms with Gasteiger partial charge in [0, 0.05) is 31.6 Å². The molecule has 2 rings (SSSR count). The molecule has 0 radical (unpaired) electrons. The maximum absolute atomic E-state index is 9.00. The molecule has 0 saturated carbocycles. The van der Waals surface area contributed by atoms with Gasteiger partial charge in [-0.2, -0.15) is 0 Å². The summed E-state index contributed by atoms with van der Waals surface area (Å²) < 4.78 is 0. The number of piperazine rings is 1. The smallest absolute Gasteiger partial charge is 0.300 e. The van der Waals surface area contributed by atoms with E-state index in [0.717, 1.165) is 13.0 Å². The summed E-state index contributed by atoms with van der Waals surface area (Å²) in [5, 5.41) is 10.8. The summed E-state index contributed by atoms with van der Waals surface area (Å²) in [5.41, 5.74) is 0.542. The summed E-state index contributed by atoms with van der Waals surface area (Å²) >= 11 is 0. The molecule has 3 atom stereocenters. The third-order valence-electron chi connectivity index (χ3n) is 2.74. The Bertz CT molecular complexity index is 191. The standard InChI is InChI=1S/C6H12N2.C2H4O2/c1-6-4-7-3-5(6)8(6)2;1-2(3)4/h5,7H,3-4H2,1-2H3;1H3,(H,3,4). The van der Waals surface area contributed by atoms with E-state index in [-0.39, 0.29) is 0 Å². The molecule has 3 unspecified atom stereocenters. The van der Waals surface area contributed by atoms with Crippen LogP contribution in [0.4, 0.5) is 0 Å². The predicted octanol–water partition coefficient (Wildman–Crippen LogP) is -0.247. The first-order valence-corrected chi connectivity index (χ1v) is 4.11. The van der Waals surface area contributed by atoms with Gasteiger partial charge in [0.25, 0.3) is 5.97 Å². The summed E-state index contributed by atoms with van der Waals surface area (Å²) in [6, 6.07) is 0.850. The zero-order chi connectivity index (χ0) is 9.35. The number of hydrogen-bond acceptors (Lipinski definition) is 3. The van der Waals surface area contributed by atoms with Crippen LogP contribution in [0.1, 0.15) is 13.8 Å². The number of hydrogen-bond donors (Lipinski definition) is 2. The van der Waals surface area contributed by atoms with Crippen LogP contribution in [-0.2, 0) is 4.79 Å². The molecule has 0 aromatic heterocycles. The van der Waals surface area contributed by atoms with Gasteiger partial charge in [0.1, 0.15) is 0 Å². The number of nitrogens with zero attached hydrogens (tertiary/aromatic N) is 1. The van der Waals surface area contributed by atoms with Crippen molar-refractivity contribution < 1.29 is 9.90 Å². The summed E-state index contributed by atoms with van der Waals surface area (Å²) in [4.78, 5) is 11.4. The minimum Gasteiger partial charge on any atom is -0.481 e. The lowest BCUT2D eigenvalue weighted by atomic mass is 10.1. The van der Waals surface area contributed by atoms with Crippen molar-refractivity contribution in [3.8, 4) is 0 Å². The number of carbonyl (C=O) groups is 1. The van der Waals surface area contributed by atoms with Gasteiger partial charge in [-0.1, -0.05) is 0 Å². The van der Waals surface area contributed by atoms with Crippen molar-refractivity contribution in [3.63, 3.8) is 0 Å². The number of aliphatic carboxylic acids is 1. The molecule has 0 amide bonds. The number of carboxylic acid groups (broad SMARTS) is 1. The SMILES string of the molecule is CC(=O)O.CN1C2CNCC21C. The van der Waals surface area contributed by atoms with E-state index in [9.17, 15) is 0 Å². The third-order valence-corrected chi connectivity index (χ3v) is 2.74. The van der Waals surface area contributed by atoms with Gasteiger partial charge in [0.15, 0.2) is 0 Å². The van der Waals surface area contributed by atoms with Gasteiger partial charge in [-0.3, -0.25) is 9.69 Å². The largest absolute Gasteiger partial charge is 0.481 e. The van der Waals surface area contributed by atoms with E-state index >= 15 is 0 Å². The van der Waals surface area contributed by atoms with Crippen LogP contribution in [0.15, 0.2) is 0 Å². The van der Waals surface area contributed by atoms with Crippen molar-refractivity contribution in [1.82, 2.24) is 10.2 Å². The Morgan fingerprint density at radius 3 is 2.42 bits per heavy atom. The second kappa shape index (κ2) is 3.03. The van der Waals surface area contributed by atoms with E-state index in [2.05, 4.69) is 24.2 Å². The Hall–Kier alpha value is -0.610. The highest BCUT2D eigenvalue weighted by Crippen LogP contribution is 2.40. The second-order valence-corrected chi connectivity index (χ2v) is 3.63. The minimum atomic E-state index is -0.833. The highest BCUT2D eigenvalue weighted by atomic mass is 16.4. The Balaban J connectivity index is 0.000000157. The normalized spacial score (nSPS) is 42.6. The molecule has 0 aliphatic carbocycles. The van der Waals surface area contributed by atoms with Gasteiger partial charge in [-0.15, -0.1) is 0 Å². The highest BCUT2D eigenvalue weighted by Gasteiger charge is 2.59. The van der Waals surface area contributed by atoms with Crippen LogP contribution in [0.5, 0.6) is 0 Å². The molecule has 2 heterocycles. The number of rotatable bonds is 0. The molecule has 0 aromatic rings. The zero-order valence-corrected chi connectivity index (χ0v) is 7.79. The lowest BCUT2D eigenvalue weighted by Gasteiger charge is -2.05. The molecule has 70 valence electrons. The fourth-order valence-corrected chi connectivity index (χ4v) is 1.75. The zero-order valence-electron chi connectivity index (χ0n) is 7.79. The first kappa shape index (κ1) is 9.48. The number of nitrogens with one attached hydrogen (secondary N) is 1. The Kier molecular flexibility index (Phi) is 2.39. The molecule has 2 saturated heterocycles. The molecule has 2 aliphatic heterocycles. The maximum Gasteiger partial charge on any atom is 0.300 e. The van der Waals surface area contributed by atoms with Crippen molar-refractivity contribution >= 4 is 5.97 Å². The third kappa shape index (κ3) is 1.59. The Labute approximate surface area is 72.6 Å². The average Bonchev–Trinajstić information content (AvgIpc) is 2.37. The van der Waals surface area contributed by atoms with Gasteiger partial charge < -0.3 is 10.4 Å². The van der Waals surface area contributed by atoms with Crippen LogP contribution in [0, 0.1) is 0 Å². The lowest BCUT2D eigenvalue weighted by molar-refractivity contribution is -0.134. The van der Waals surface area contributed by atoms with Crippen molar-refractivity contribution in [2.24, 2.45) is 0 Å². The fraction of sp³-hybridized carbons (Fsp3) is 0.875. The van der Waals surface area contributed by atoms with Gasteiger partial charge in [0.2, 0.25) is 0 Å². The molecule has 0 spiro atoms. The number of carboxylic acids is 1. The quantitative estimate of drug-likeness (QED) is 0.495. The van der Waals surface area contributed by atoms with Gasteiger partial charge in [-0.05, 0) is 14.0 Å². The lowest BCUT2D eigenvalue weighted by Crippen LogP contribution is -2.25. The molecule has 2 N–H and O–H groups in total. The van der Waals surface area contributed by atoms with Gasteiger partial charge in [-0.25, -0.2) is 0 Å². The van der Waals surface area contributed by atoms with Crippen molar-refractivity contribution in [2.75, 3.05) is 20.1 Å². The monoisotopic (exact) mass is 172 g/mol. The number of fused-ring (bicyclic) bond motifs is 1. The molecule has 4 heteroatoms. The molecule has 0 aromatic carbocycles. The van der Waals surface area contributed by atoms with E-state index in [1.165, 1.54) is 13.1 Å². The van der Waals surface area contributed by atoms with Crippen LogP contribution in [0.3, 0.4) is 0 Å². The Morgan fingerprint density at radius 1 is 1.75 bits per heavy atom. The van der Waals surface area contributed by atoms with Crippen LogP contribution in [-0.4, -0.2) is 47.7 Å². The van der Waals surface area contributed by atoms with Crippen molar-refractivity contribution in [2.45, 2.75) is 25.4 Å². The molecular formula is C8H16N2O2. The molecule has 0 bridgehead atoms. The van der Waals surface area contributed by atoms with E-state index in [1.54, 1.807) is 0 Å². The fourth-order valence-electron chi connectivity index (χ4n) is 1.75. The van der Waals surface area contributed by atoms with Crippen LogP contribution in [0.25, 0.3) is 0 Å². The summed E-state index contributed by atoms with van der Waals surface area (Å²) in [6.45, 7) is 5.79. The highest BCUT2D eigenvalue weighted by molar-refractivity contribution is 5.62. The van der Waals surface area contributed by atoms with E-state index in [0.29, 0.717) is 5.54 Å². The summed E-state index contributed by atoms with van der Waals surface area (Å²) in [6.07, 6.45) is 0. The first-order chi connectivity index (χ1) is 5.48. The van der Waals surface area contributed by atoms with Crippen molar-refractivity contribution in [1.29, 1.82) is 0 Å². The van der Waals surface area contributed by atoms with E-state index in [4.69, 9.17) is 9.90 Å². The summed E-state index contributed by atoms with van der Waals surface area (Å²) in [5.74, 6) is -0.833. The Morgan fingerprint density at radius 2 is 2.25 bits per heavy atom. The summed E-state index contributed by atoms with van der Waals surface area (Å²) in [7, 11) is 2.20.